The van der Waals surface area contributed by atoms with E-state index in [1.54, 1.807) is 4.68 Å². The van der Waals surface area contributed by atoms with Gasteiger partial charge in [-0.25, -0.2) is 0 Å². The van der Waals surface area contributed by atoms with Gasteiger partial charge in [0, 0.05) is 23.8 Å². The molecule has 0 aliphatic rings. The van der Waals surface area contributed by atoms with Gasteiger partial charge in [0.25, 0.3) is 0 Å². The fraction of sp³-hybridized carbons (Fsp3) is 0.0588. The summed E-state index contributed by atoms with van der Waals surface area (Å²) in [5, 5.41) is 14.4. The van der Waals surface area contributed by atoms with E-state index in [1.165, 1.54) is 0 Å². The Labute approximate surface area is 128 Å². The second kappa shape index (κ2) is 5.43. The van der Waals surface area contributed by atoms with E-state index in [-0.39, 0.29) is 0 Å². The molecule has 0 radical (unpaired) electrons. The zero-order valence-electron chi connectivity index (χ0n) is 11.4. The summed E-state index contributed by atoms with van der Waals surface area (Å²) in [6.45, 7) is 0. The molecule has 0 amide bonds. The maximum atomic E-state index is 9.28. The van der Waals surface area contributed by atoms with Crippen LogP contribution in [0.4, 0.5) is 0 Å². The van der Waals surface area contributed by atoms with Gasteiger partial charge < -0.3 is 0 Å². The number of nitriles is 1. The van der Waals surface area contributed by atoms with Gasteiger partial charge in [-0.05, 0) is 41.5 Å². The molecule has 0 aliphatic heterocycles. The van der Waals surface area contributed by atoms with Gasteiger partial charge in [0.15, 0.2) is 0 Å². The van der Waals surface area contributed by atoms with E-state index < -0.39 is 0 Å². The van der Waals surface area contributed by atoms with Crippen molar-refractivity contribution in [3.8, 4) is 28.5 Å². The number of halogens is 1. The second-order valence-electron chi connectivity index (χ2n) is 4.75. The molecule has 0 fully saturated rings. The number of aryl methyl sites for hydroxylation is 1. The summed E-state index contributed by atoms with van der Waals surface area (Å²) in [6.07, 6.45) is 1.87. The first-order valence-corrected chi connectivity index (χ1v) is 6.85. The Balaban J connectivity index is 2.13. The van der Waals surface area contributed by atoms with Crippen molar-refractivity contribution in [2.75, 3.05) is 0 Å². The number of rotatable bonds is 2. The lowest BCUT2D eigenvalue weighted by atomic mass is 9.98. The standard InChI is InChI=1S/C17H12ClN3/c1-21-9-8-17(20-21)16-10-13(2-3-14(16)11-19)12-4-6-15(18)7-5-12/h2-10H,1H3. The minimum Gasteiger partial charge on any atom is -0.275 e. The Hall–Kier alpha value is -2.57. The van der Waals surface area contributed by atoms with Gasteiger partial charge >= 0.3 is 0 Å². The molecule has 1 heterocycles. The summed E-state index contributed by atoms with van der Waals surface area (Å²) in [4.78, 5) is 0. The van der Waals surface area contributed by atoms with Gasteiger partial charge in [0.05, 0.1) is 17.3 Å². The Morgan fingerprint density at radius 2 is 1.76 bits per heavy atom. The van der Waals surface area contributed by atoms with Gasteiger partial charge in [-0.1, -0.05) is 29.8 Å². The number of nitrogens with zero attached hydrogens (tertiary/aromatic N) is 3. The third kappa shape index (κ3) is 2.67. The van der Waals surface area contributed by atoms with Crippen LogP contribution in [0.5, 0.6) is 0 Å². The Bertz CT molecular complexity index is 826. The van der Waals surface area contributed by atoms with E-state index in [9.17, 15) is 5.26 Å². The fourth-order valence-electron chi connectivity index (χ4n) is 2.23. The molecular weight excluding hydrogens is 282 g/mol. The first kappa shape index (κ1) is 13.4. The van der Waals surface area contributed by atoms with Crippen LogP contribution < -0.4 is 0 Å². The van der Waals surface area contributed by atoms with Gasteiger partial charge in [0.2, 0.25) is 0 Å². The maximum absolute atomic E-state index is 9.28. The Morgan fingerprint density at radius 3 is 2.38 bits per heavy atom. The van der Waals surface area contributed by atoms with Crippen LogP contribution in [0.1, 0.15) is 5.56 Å². The normalized spacial score (nSPS) is 10.3. The average Bonchev–Trinajstić information content (AvgIpc) is 2.94. The zero-order chi connectivity index (χ0) is 14.8. The Kier molecular flexibility index (Phi) is 3.47. The van der Waals surface area contributed by atoms with Crippen molar-refractivity contribution >= 4 is 11.6 Å². The van der Waals surface area contributed by atoms with Crippen LogP contribution in [-0.2, 0) is 7.05 Å². The summed E-state index contributed by atoms with van der Waals surface area (Å²) in [5.41, 5.74) is 4.34. The highest BCUT2D eigenvalue weighted by atomic mass is 35.5. The SMILES string of the molecule is Cn1ccc(-c2cc(-c3ccc(Cl)cc3)ccc2C#N)n1. The van der Waals surface area contributed by atoms with E-state index >= 15 is 0 Å². The van der Waals surface area contributed by atoms with E-state index in [0.717, 1.165) is 22.4 Å². The molecule has 102 valence electrons. The fourth-order valence-corrected chi connectivity index (χ4v) is 2.36. The molecule has 2 aromatic carbocycles. The third-order valence-corrected chi connectivity index (χ3v) is 3.56. The minimum atomic E-state index is 0.617. The highest BCUT2D eigenvalue weighted by Gasteiger charge is 2.10. The smallest absolute Gasteiger partial charge is 0.0998 e. The van der Waals surface area contributed by atoms with Crippen LogP contribution >= 0.6 is 11.6 Å². The molecule has 0 spiro atoms. The first-order chi connectivity index (χ1) is 10.2. The van der Waals surface area contributed by atoms with Crippen molar-refractivity contribution in [3.05, 3.63) is 65.3 Å². The van der Waals surface area contributed by atoms with Crippen molar-refractivity contribution in [1.82, 2.24) is 9.78 Å². The maximum Gasteiger partial charge on any atom is 0.0998 e. The molecule has 0 bridgehead atoms. The van der Waals surface area contributed by atoms with Gasteiger partial charge in [-0.15, -0.1) is 0 Å². The van der Waals surface area contributed by atoms with E-state index in [2.05, 4.69) is 11.2 Å². The zero-order valence-corrected chi connectivity index (χ0v) is 12.2. The number of hydrogen-bond donors (Lipinski definition) is 0. The molecule has 0 atom stereocenters. The molecule has 3 nitrogen and oxygen atoms in total. The van der Waals surface area contributed by atoms with Crippen LogP contribution in [0.15, 0.2) is 54.7 Å². The largest absolute Gasteiger partial charge is 0.275 e. The summed E-state index contributed by atoms with van der Waals surface area (Å²) >= 11 is 5.92. The second-order valence-corrected chi connectivity index (χ2v) is 5.19. The van der Waals surface area contributed by atoms with Crippen LogP contribution in [-0.4, -0.2) is 9.78 Å². The predicted octanol–water partition coefficient (Wildman–Crippen LogP) is 4.28. The molecule has 1 aromatic heterocycles. The molecule has 0 N–H and O–H groups in total. The summed E-state index contributed by atoms with van der Waals surface area (Å²) in [7, 11) is 1.86. The van der Waals surface area contributed by atoms with Gasteiger partial charge in [-0.3, -0.25) is 4.68 Å². The predicted molar refractivity (Wildman–Crippen MR) is 83.8 cm³/mol. The highest BCUT2D eigenvalue weighted by molar-refractivity contribution is 6.30. The van der Waals surface area contributed by atoms with Crippen molar-refractivity contribution in [2.24, 2.45) is 7.05 Å². The summed E-state index contributed by atoms with van der Waals surface area (Å²) in [6, 6.07) is 17.5. The number of aromatic nitrogens is 2. The lowest BCUT2D eigenvalue weighted by molar-refractivity contribution is 0.771. The number of hydrogen-bond acceptors (Lipinski definition) is 2. The van der Waals surface area contributed by atoms with Crippen LogP contribution in [0.2, 0.25) is 5.02 Å². The summed E-state index contributed by atoms with van der Waals surface area (Å²) in [5.74, 6) is 0. The van der Waals surface area contributed by atoms with Crippen LogP contribution in [0.25, 0.3) is 22.4 Å². The quantitative estimate of drug-likeness (QED) is 0.707. The van der Waals surface area contributed by atoms with Crippen molar-refractivity contribution in [2.45, 2.75) is 0 Å². The monoisotopic (exact) mass is 293 g/mol. The molecule has 0 unspecified atom stereocenters. The van der Waals surface area contributed by atoms with E-state index in [1.807, 2.05) is 61.8 Å². The van der Waals surface area contributed by atoms with E-state index in [4.69, 9.17) is 11.6 Å². The van der Waals surface area contributed by atoms with Gasteiger partial charge in [-0.2, -0.15) is 10.4 Å². The molecule has 0 saturated heterocycles. The minimum absolute atomic E-state index is 0.617. The molecule has 21 heavy (non-hydrogen) atoms. The third-order valence-electron chi connectivity index (χ3n) is 3.31. The molecule has 0 aliphatic carbocycles. The van der Waals surface area contributed by atoms with Crippen molar-refractivity contribution in [1.29, 1.82) is 5.26 Å². The van der Waals surface area contributed by atoms with Gasteiger partial charge in [0.1, 0.15) is 0 Å². The molecule has 4 heteroatoms. The first-order valence-electron chi connectivity index (χ1n) is 6.47. The molecule has 3 aromatic rings. The molecule has 3 rings (SSSR count). The lowest BCUT2D eigenvalue weighted by Gasteiger charge is -2.06. The number of benzene rings is 2. The molecule has 0 saturated carbocycles. The van der Waals surface area contributed by atoms with Crippen LogP contribution in [0.3, 0.4) is 0 Å². The Morgan fingerprint density at radius 1 is 1.05 bits per heavy atom. The molecular formula is C17H12ClN3. The summed E-state index contributed by atoms with van der Waals surface area (Å²) < 4.78 is 1.73. The van der Waals surface area contributed by atoms with Crippen molar-refractivity contribution in [3.63, 3.8) is 0 Å². The lowest BCUT2D eigenvalue weighted by Crippen LogP contribution is -1.91. The average molecular weight is 294 g/mol. The van der Waals surface area contributed by atoms with E-state index in [0.29, 0.717) is 10.6 Å². The van der Waals surface area contributed by atoms with Crippen LogP contribution in [0, 0.1) is 11.3 Å². The highest BCUT2D eigenvalue weighted by Crippen LogP contribution is 2.29. The van der Waals surface area contributed by atoms with Crippen molar-refractivity contribution < 1.29 is 0 Å². The topological polar surface area (TPSA) is 41.6 Å².